The van der Waals surface area contributed by atoms with Crippen molar-refractivity contribution in [3.63, 3.8) is 0 Å². The van der Waals surface area contributed by atoms with E-state index in [2.05, 4.69) is 24.1 Å². The Morgan fingerprint density at radius 2 is 2.25 bits per heavy atom. The third kappa shape index (κ3) is 3.27. The first-order chi connectivity index (χ1) is 7.75. The van der Waals surface area contributed by atoms with Crippen LogP contribution in [0.5, 0.6) is 0 Å². The Kier molecular flexibility index (Phi) is 4.32. The predicted octanol–water partition coefficient (Wildman–Crippen LogP) is 2.54. The van der Waals surface area contributed by atoms with E-state index in [-0.39, 0.29) is 0 Å². The number of hydrogen-bond acceptors (Lipinski definition) is 4. The number of hydrogen-bond donors (Lipinski definition) is 1. The molecule has 0 amide bonds. The second kappa shape index (κ2) is 5.75. The molecule has 1 aromatic rings. The van der Waals surface area contributed by atoms with Crippen molar-refractivity contribution in [3.05, 3.63) is 16.1 Å². The molecule has 4 heteroatoms. The SMILES string of the molecule is CC(C)c1cnc(CNC2CCOCC2)s1. The molecule has 16 heavy (non-hydrogen) atoms. The van der Waals surface area contributed by atoms with Gasteiger partial charge in [-0.2, -0.15) is 0 Å². The average Bonchev–Trinajstić information content (AvgIpc) is 2.76. The molecule has 0 atom stereocenters. The number of ether oxygens (including phenoxy) is 1. The van der Waals surface area contributed by atoms with Gasteiger partial charge in [0, 0.05) is 36.9 Å². The van der Waals surface area contributed by atoms with E-state index in [4.69, 9.17) is 4.74 Å². The minimum Gasteiger partial charge on any atom is -0.381 e. The van der Waals surface area contributed by atoms with Crippen LogP contribution in [0.4, 0.5) is 0 Å². The molecular formula is C12H20N2OS. The maximum Gasteiger partial charge on any atom is 0.107 e. The van der Waals surface area contributed by atoms with Crippen LogP contribution in [0.1, 0.15) is 42.5 Å². The van der Waals surface area contributed by atoms with Gasteiger partial charge in [0.25, 0.3) is 0 Å². The first-order valence-corrected chi connectivity index (χ1v) is 6.83. The van der Waals surface area contributed by atoms with E-state index in [0.29, 0.717) is 12.0 Å². The molecule has 0 spiro atoms. The van der Waals surface area contributed by atoms with Gasteiger partial charge >= 0.3 is 0 Å². The van der Waals surface area contributed by atoms with Crippen LogP contribution in [0.2, 0.25) is 0 Å². The summed E-state index contributed by atoms with van der Waals surface area (Å²) in [5, 5.41) is 4.76. The lowest BCUT2D eigenvalue weighted by molar-refractivity contribution is 0.0776. The highest BCUT2D eigenvalue weighted by molar-refractivity contribution is 7.11. The lowest BCUT2D eigenvalue weighted by Gasteiger charge is -2.22. The van der Waals surface area contributed by atoms with E-state index in [1.165, 1.54) is 9.88 Å². The standard InChI is InChI=1S/C12H20N2OS/c1-9(2)11-7-14-12(16-11)8-13-10-3-5-15-6-4-10/h7,9-10,13H,3-6,8H2,1-2H3. The summed E-state index contributed by atoms with van der Waals surface area (Å²) in [7, 11) is 0. The van der Waals surface area contributed by atoms with Gasteiger partial charge in [0.2, 0.25) is 0 Å². The van der Waals surface area contributed by atoms with Crippen LogP contribution in [0, 0.1) is 0 Å². The van der Waals surface area contributed by atoms with Crippen molar-refractivity contribution in [2.24, 2.45) is 0 Å². The number of nitrogens with zero attached hydrogens (tertiary/aromatic N) is 1. The molecule has 1 aliphatic heterocycles. The Morgan fingerprint density at radius 3 is 2.88 bits per heavy atom. The second-order valence-corrected chi connectivity index (χ2v) is 5.73. The fourth-order valence-electron chi connectivity index (χ4n) is 1.81. The third-order valence-electron chi connectivity index (χ3n) is 2.90. The van der Waals surface area contributed by atoms with E-state index < -0.39 is 0 Å². The maximum absolute atomic E-state index is 5.33. The summed E-state index contributed by atoms with van der Waals surface area (Å²) in [5.41, 5.74) is 0. The first kappa shape index (κ1) is 12.0. The summed E-state index contributed by atoms with van der Waals surface area (Å²) in [6.45, 7) is 7.12. The summed E-state index contributed by atoms with van der Waals surface area (Å²) in [6, 6.07) is 0.611. The molecule has 3 nitrogen and oxygen atoms in total. The minimum atomic E-state index is 0.592. The average molecular weight is 240 g/mol. The van der Waals surface area contributed by atoms with E-state index in [1.807, 2.05) is 17.5 Å². The molecule has 1 N–H and O–H groups in total. The summed E-state index contributed by atoms with van der Waals surface area (Å²) < 4.78 is 5.33. The highest BCUT2D eigenvalue weighted by Crippen LogP contribution is 2.21. The number of rotatable bonds is 4. The fourth-order valence-corrected chi connectivity index (χ4v) is 2.68. The van der Waals surface area contributed by atoms with Crippen LogP contribution in [0.25, 0.3) is 0 Å². The number of thiazole rings is 1. The second-order valence-electron chi connectivity index (χ2n) is 4.58. The van der Waals surface area contributed by atoms with E-state index in [0.717, 1.165) is 32.6 Å². The van der Waals surface area contributed by atoms with Gasteiger partial charge in [-0.1, -0.05) is 13.8 Å². The van der Waals surface area contributed by atoms with Crippen LogP contribution in [0.15, 0.2) is 6.20 Å². The summed E-state index contributed by atoms with van der Waals surface area (Å²) >= 11 is 1.82. The Balaban J connectivity index is 1.79. The predicted molar refractivity (Wildman–Crippen MR) is 66.9 cm³/mol. The lowest BCUT2D eigenvalue weighted by Crippen LogP contribution is -2.34. The number of aromatic nitrogens is 1. The van der Waals surface area contributed by atoms with Crippen molar-refractivity contribution < 1.29 is 4.74 Å². The summed E-state index contributed by atoms with van der Waals surface area (Å²) in [5.74, 6) is 0.592. The van der Waals surface area contributed by atoms with Gasteiger partial charge in [0.15, 0.2) is 0 Å². The van der Waals surface area contributed by atoms with Crippen LogP contribution in [-0.2, 0) is 11.3 Å². The van der Waals surface area contributed by atoms with Gasteiger partial charge in [-0.05, 0) is 18.8 Å². The molecule has 1 aliphatic rings. The molecule has 1 saturated heterocycles. The molecule has 0 aliphatic carbocycles. The van der Waals surface area contributed by atoms with Crippen molar-refractivity contribution in [1.29, 1.82) is 0 Å². The monoisotopic (exact) mass is 240 g/mol. The molecule has 0 radical (unpaired) electrons. The zero-order valence-electron chi connectivity index (χ0n) is 10.0. The molecule has 90 valence electrons. The normalized spacial score (nSPS) is 18.2. The molecule has 0 unspecified atom stereocenters. The van der Waals surface area contributed by atoms with Gasteiger partial charge in [-0.3, -0.25) is 0 Å². The lowest BCUT2D eigenvalue weighted by atomic mass is 10.1. The van der Waals surface area contributed by atoms with Gasteiger partial charge in [-0.15, -0.1) is 11.3 Å². The summed E-state index contributed by atoms with van der Waals surface area (Å²) in [4.78, 5) is 5.83. The van der Waals surface area contributed by atoms with Crippen molar-refractivity contribution in [3.8, 4) is 0 Å². The number of nitrogens with one attached hydrogen (secondary N) is 1. The van der Waals surface area contributed by atoms with Crippen LogP contribution >= 0.6 is 11.3 Å². The zero-order chi connectivity index (χ0) is 11.4. The molecule has 1 aromatic heterocycles. The highest BCUT2D eigenvalue weighted by atomic mass is 32.1. The molecule has 0 aromatic carbocycles. The van der Waals surface area contributed by atoms with Crippen molar-refractivity contribution in [1.82, 2.24) is 10.3 Å². The Morgan fingerprint density at radius 1 is 1.50 bits per heavy atom. The maximum atomic E-state index is 5.33. The first-order valence-electron chi connectivity index (χ1n) is 6.01. The van der Waals surface area contributed by atoms with E-state index >= 15 is 0 Å². The van der Waals surface area contributed by atoms with Gasteiger partial charge < -0.3 is 10.1 Å². The minimum absolute atomic E-state index is 0.592. The molecule has 2 heterocycles. The Hall–Kier alpha value is -0.450. The zero-order valence-corrected chi connectivity index (χ0v) is 10.8. The molecule has 0 saturated carbocycles. The Bertz CT molecular complexity index is 319. The molecule has 0 bridgehead atoms. The third-order valence-corrected chi connectivity index (χ3v) is 4.20. The summed E-state index contributed by atoms with van der Waals surface area (Å²) in [6.07, 6.45) is 4.27. The molecule has 1 fully saturated rings. The largest absolute Gasteiger partial charge is 0.381 e. The van der Waals surface area contributed by atoms with Crippen LogP contribution in [-0.4, -0.2) is 24.2 Å². The van der Waals surface area contributed by atoms with Gasteiger partial charge in [0.05, 0.1) is 0 Å². The van der Waals surface area contributed by atoms with Gasteiger partial charge in [-0.25, -0.2) is 4.98 Å². The van der Waals surface area contributed by atoms with Crippen molar-refractivity contribution in [2.45, 2.75) is 45.2 Å². The fraction of sp³-hybridized carbons (Fsp3) is 0.750. The highest BCUT2D eigenvalue weighted by Gasteiger charge is 2.13. The molecule has 2 rings (SSSR count). The molecular weight excluding hydrogens is 220 g/mol. The topological polar surface area (TPSA) is 34.2 Å². The van der Waals surface area contributed by atoms with Crippen LogP contribution in [0.3, 0.4) is 0 Å². The van der Waals surface area contributed by atoms with Crippen LogP contribution < -0.4 is 5.32 Å². The van der Waals surface area contributed by atoms with E-state index in [1.54, 1.807) is 0 Å². The van der Waals surface area contributed by atoms with Crippen molar-refractivity contribution in [2.75, 3.05) is 13.2 Å². The van der Waals surface area contributed by atoms with E-state index in [9.17, 15) is 0 Å². The quantitative estimate of drug-likeness (QED) is 0.878. The smallest absolute Gasteiger partial charge is 0.107 e. The Labute approximate surface area is 101 Å². The van der Waals surface area contributed by atoms with Crippen molar-refractivity contribution >= 4 is 11.3 Å². The van der Waals surface area contributed by atoms with Gasteiger partial charge in [0.1, 0.15) is 5.01 Å².